The molecule has 0 bridgehead atoms. The third-order valence-corrected chi connectivity index (χ3v) is 12.3. The summed E-state index contributed by atoms with van der Waals surface area (Å²) in [4.78, 5) is 10.4. The van der Waals surface area contributed by atoms with Crippen molar-refractivity contribution in [2.45, 2.75) is 0 Å². The zero-order valence-corrected chi connectivity index (χ0v) is 30.3. The number of hydrogen-bond acceptors (Lipinski definition) is 3. The summed E-state index contributed by atoms with van der Waals surface area (Å²) < 4.78 is 7.54. The Balaban J connectivity index is 1.23. The summed E-state index contributed by atoms with van der Waals surface area (Å²) in [6.45, 7) is 0. The molecule has 0 radical (unpaired) electrons. The average molecular weight is 719 g/mol. The Hall–Kier alpha value is -7.08. The minimum absolute atomic E-state index is 0.707. The summed E-state index contributed by atoms with van der Waals surface area (Å²) in [6, 6.07) is 65.0. The molecule has 0 N–H and O–H groups in total. The highest BCUT2D eigenvalue weighted by Gasteiger charge is 2.26. The van der Waals surface area contributed by atoms with Crippen LogP contribution < -0.4 is 0 Å². The van der Waals surface area contributed by atoms with Gasteiger partial charge in [-0.25, -0.2) is 9.97 Å². The number of para-hydroxylation sites is 4. The van der Waals surface area contributed by atoms with Gasteiger partial charge in [-0.3, -0.25) is 0 Å². The smallest absolute Gasteiger partial charge is 0.160 e. The highest BCUT2D eigenvalue weighted by Crippen LogP contribution is 2.51. The summed E-state index contributed by atoms with van der Waals surface area (Å²) in [5, 5.41) is 8.67. The first kappa shape index (κ1) is 30.4. The van der Waals surface area contributed by atoms with E-state index in [2.05, 4.69) is 179 Å². The third kappa shape index (κ3) is 4.39. The van der Waals surface area contributed by atoms with Crippen LogP contribution in [0, 0.1) is 0 Å². The van der Waals surface area contributed by atoms with Crippen LogP contribution in [0.2, 0.25) is 0 Å². The molecule has 0 aliphatic rings. The Bertz CT molecular complexity index is 3480. The highest BCUT2D eigenvalue weighted by molar-refractivity contribution is 7.27. The summed E-state index contributed by atoms with van der Waals surface area (Å²) >= 11 is 1.89. The molecule has 12 rings (SSSR count). The largest absolute Gasteiger partial charge is 0.309 e. The third-order valence-electron chi connectivity index (χ3n) is 11.1. The van der Waals surface area contributed by atoms with E-state index in [-0.39, 0.29) is 0 Å². The molecule has 4 aromatic heterocycles. The Labute approximate surface area is 319 Å². The van der Waals surface area contributed by atoms with Crippen LogP contribution in [0.4, 0.5) is 0 Å². The van der Waals surface area contributed by atoms with Crippen molar-refractivity contribution in [2.24, 2.45) is 0 Å². The van der Waals surface area contributed by atoms with Gasteiger partial charge in [-0.05, 0) is 48.5 Å². The van der Waals surface area contributed by atoms with Crippen LogP contribution in [0.25, 0.3) is 109 Å². The SMILES string of the molecule is c1ccc(-c2nc(-c3cccc(-n4c5ccccc5c5c4c4sc6ccccc6c4c4c6ccccc6n(-c6ccccc6)c45)c3)nc3ccccc23)cc1. The molecule has 0 unspecified atom stereocenters. The molecule has 0 saturated heterocycles. The van der Waals surface area contributed by atoms with Gasteiger partial charge in [0, 0.05) is 64.9 Å². The van der Waals surface area contributed by atoms with E-state index in [0.29, 0.717) is 5.82 Å². The van der Waals surface area contributed by atoms with Crippen LogP contribution in [0.3, 0.4) is 0 Å². The van der Waals surface area contributed by atoms with Crippen LogP contribution in [0.5, 0.6) is 0 Å². The van der Waals surface area contributed by atoms with E-state index in [1.807, 2.05) is 23.5 Å². The molecule has 0 atom stereocenters. The lowest BCUT2D eigenvalue weighted by Crippen LogP contribution is -1.98. The van der Waals surface area contributed by atoms with Crippen LogP contribution in [-0.4, -0.2) is 19.1 Å². The molecule has 12 aromatic rings. The van der Waals surface area contributed by atoms with Crippen LogP contribution in [-0.2, 0) is 0 Å². The van der Waals surface area contributed by atoms with E-state index >= 15 is 0 Å². The lowest BCUT2D eigenvalue weighted by molar-refractivity contribution is 1.17. The number of hydrogen-bond donors (Lipinski definition) is 0. The van der Waals surface area contributed by atoms with E-state index in [0.717, 1.165) is 44.6 Å². The van der Waals surface area contributed by atoms with Crippen molar-refractivity contribution in [2.75, 3.05) is 0 Å². The Kier molecular flexibility index (Phi) is 6.47. The van der Waals surface area contributed by atoms with E-state index in [9.17, 15) is 0 Å². The molecule has 0 amide bonds. The van der Waals surface area contributed by atoms with Crippen molar-refractivity contribution >= 4 is 86.0 Å². The number of benzene rings is 8. The molecule has 256 valence electrons. The van der Waals surface area contributed by atoms with Gasteiger partial charge in [0.15, 0.2) is 5.82 Å². The van der Waals surface area contributed by atoms with Gasteiger partial charge < -0.3 is 9.13 Å². The monoisotopic (exact) mass is 718 g/mol. The van der Waals surface area contributed by atoms with Crippen molar-refractivity contribution in [1.29, 1.82) is 0 Å². The van der Waals surface area contributed by atoms with E-state index in [1.54, 1.807) is 0 Å². The maximum atomic E-state index is 5.26. The van der Waals surface area contributed by atoms with Gasteiger partial charge in [0.2, 0.25) is 0 Å². The summed E-state index contributed by atoms with van der Waals surface area (Å²) in [5.41, 5.74) is 10.9. The predicted molar refractivity (Wildman–Crippen MR) is 232 cm³/mol. The van der Waals surface area contributed by atoms with Crippen molar-refractivity contribution in [3.8, 4) is 34.0 Å². The second-order valence-corrected chi connectivity index (χ2v) is 15.2. The van der Waals surface area contributed by atoms with Gasteiger partial charge in [0.25, 0.3) is 0 Å². The average Bonchev–Trinajstić information content (AvgIpc) is 3.92. The molecular formula is C50H30N4S. The predicted octanol–water partition coefficient (Wildman–Crippen LogP) is 13.5. The Morgan fingerprint density at radius 3 is 1.76 bits per heavy atom. The van der Waals surface area contributed by atoms with Gasteiger partial charge in [-0.15, -0.1) is 11.3 Å². The molecule has 8 aromatic carbocycles. The normalized spacial score (nSPS) is 12.0. The highest BCUT2D eigenvalue weighted by atomic mass is 32.1. The molecule has 5 heteroatoms. The first-order valence-electron chi connectivity index (χ1n) is 18.6. The molecule has 4 heterocycles. The zero-order valence-electron chi connectivity index (χ0n) is 29.5. The fourth-order valence-electron chi connectivity index (χ4n) is 8.80. The lowest BCUT2D eigenvalue weighted by atomic mass is 10.0. The van der Waals surface area contributed by atoms with Gasteiger partial charge in [0.1, 0.15) is 0 Å². The van der Waals surface area contributed by atoms with Crippen molar-refractivity contribution in [3.05, 3.63) is 182 Å². The fraction of sp³-hybridized carbons (Fsp3) is 0. The maximum absolute atomic E-state index is 5.26. The minimum atomic E-state index is 0.707. The van der Waals surface area contributed by atoms with Crippen LogP contribution >= 0.6 is 11.3 Å². The lowest BCUT2D eigenvalue weighted by Gasteiger charge is -2.13. The molecule has 0 aliphatic heterocycles. The van der Waals surface area contributed by atoms with Crippen molar-refractivity contribution < 1.29 is 0 Å². The quantitative estimate of drug-likeness (QED) is 0.182. The van der Waals surface area contributed by atoms with E-state index < -0.39 is 0 Å². The van der Waals surface area contributed by atoms with Gasteiger partial charge in [-0.1, -0.05) is 133 Å². The van der Waals surface area contributed by atoms with Crippen LogP contribution in [0.1, 0.15) is 0 Å². The number of thiophene rings is 1. The standard InChI is InChI=1S/C50H30N4S/c1-3-16-31(17-4-1)46-35-22-7-11-26-39(35)51-50(52-46)32-18-15-21-34(30-32)54-41-28-13-9-24-37(41)45-47-43(44-38-25-10-14-29-42(38)55-49(44)48(45)54)36-23-8-12-27-40(36)53(47)33-19-5-2-6-20-33/h1-30H. The van der Waals surface area contributed by atoms with E-state index in [4.69, 9.17) is 9.97 Å². The number of nitrogens with zero attached hydrogens (tertiary/aromatic N) is 4. The van der Waals surface area contributed by atoms with Crippen LogP contribution in [0.15, 0.2) is 182 Å². The molecule has 0 spiro atoms. The Morgan fingerprint density at radius 1 is 0.400 bits per heavy atom. The fourth-order valence-corrected chi connectivity index (χ4v) is 10.1. The zero-order chi connectivity index (χ0) is 36.0. The Morgan fingerprint density at radius 2 is 0.982 bits per heavy atom. The molecule has 0 fully saturated rings. The summed E-state index contributed by atoms with van der Waals surface area (Å²) in [7, 11) is 0. The molecular weight excluding hydrogens is 689 g/mol. The molecule has 0 saturated carbocycles. The second-order valence-electron chi connectivity index (χ2n) is 14.1. The maximum Gasteiger partial charge on any atom is 0.160 e. The number of rotatable bonds is 4. The molecule has 0 aliphatic carbocycles. The minimum Gasteiger partial charge on any atom is -0.309 e. The summed E-state index contributed by atoms with van der Waals surface area (Å²) in [5.74, 6) is 0.707. The van der Waals surface area contributed by atoms with E-state index in [1.165, 1.54) is 58.3 Å². The topological polar surface area (TPSA) is 35.6 Å². The molecule has 4 nitrogen and oxygen atoms in total. The van der Waals surface area contributed by atoms with Gasteiger partial charge in [0.05, 0.1) is 38.0 Å². The number of fused-ring (bicyclic) bond motifs is 13. The molecule has 55 heavy (non-hydrogen) atoms. The second kappa shape index (κ2) is 11.7. The first-order valence-corrected chi connectivity index (χ1v) is 19.4. The summed E-state index contributed by atoms with van der Waals surface area (Å²) in [6.07, 6.45) is 0. The van der Waals surface area contributed by atoms with Crippen molar-refractivity contribution in [3.63, 3.8) is 0 Å². The number of aromatic nitrogens is 4. The van der Waals surface area contributed by atoms with Crippen molar-refractivity contribution in [1.82, 2.24) is 19.1 Å². The van der Waals surface area contributed by atoms with Gasteiger partial charge >= 0.3 is 0 Å². The first-order chi connectivity index (χ1) is 27.3. The van der Waals surface area contributed by atoms with Gasteiger partial charge in [-0.2, -0.15) is 0 Å².